The highest BCUT2D eigenvalue weighted by Gasteiger charge is 2.31. The summed E-state index contributed by atoms with van der Waals surface area (Å²) in [6.07, 6.45) is 25.4. The van der Waals surface area contributed by atoms with Crippen LogP contribution >= 0.6 is 7.92 Å². The quantitative estimate of drug-likeness (QED) is 0.0839. The predicted octanol–water partition coefficient (Wildman–Crippen LogP) is 10.5. The molecule has 0 spiro atoms. The van der Waals surface area contributed by atoms with Gasteiger partial charge in [-0.25, -0.2) is 0 Å². The molecule has 0 aromatic heterocycles. The van der Waals surface area contributed by atoms with Crippen molar-refractivity contribution in [3.8, 4) is 0 Å². The van der Waals surface area contributed by atoms with Gasteiger partial charge in [0, 0.05) is 19.3 Å². The Labute approximate surface area is 213 Å². The van der Waals surface area contributed by atoms with Crippen molar-refractivity contribution in [3.05, 3.63) is 0 Å². The molecule has 200 valence electrons. The molecule has 0 amide bonds. The maximum Gasteiger partial charge on any atom is 0.169 e. The maximum atomic E-state index is 13.0. The van der Waals surface area contributed by atoms with Crippen molar-refractivity contribution in [2.75, 3.05) is 0 Å². The molecule has 0 unspecified atom stereocenters. The molecule has 0 fully saturated rings. The Kier molecular flexibility index (Phi) is 25.1. The number of rotatable bonds is 27. The highest BCUT2D eigenvalue weighted by Crippen LogP contribution is 2.43. The molecule has 0 heterocycles. The molecule has 0 saturated carbocycles. The summed E-state index contributed by atoms with van der Waals surface area (Å²) in [5, 5.41) is 0. The standard InChI is InChI=1S/C30H57O3P/c1-4-7-10-13-16-19-22-25-28(31)34(29(32)26-23-20-17-14-11-8-5-2)30(33)27-24-21-18-15-12-9-6-3/h4-27H2,1-3H3. The van der Waals surface area contributed by atoms with Gasteiger partial charge in [0.1, 0.15) is 7.92 Å². The van der Waals surface area contributed by atoms with Gasteiger partial charge in [0.05, 0.1) is 0 Å². The summed E-state index contributed by atoms with van der Waals surface area (Å²) in [5.74, 6) is 0. The minimum Gasteiger partial charge on any atom is -0.294 e. The molecule has 0 aliphatic rings. The SMILES string of the molecule is CCCCCCCCCC(=O)P(C(=O)CCCCCCCCC)C(=O)CCCCCCCCC. The largest absolute Gasteiger partial charge is 0.294 e. The van der Waals surface area contributed by atoms with Gasteiger partial charge >= 0.3 is 0 Å². The summed E-state index contributed by atoms with van der Waals surface area (Å²) in [6.45, 7) is 6.65. The molecule has 0 rings (SSSR count). The summed E-state index contributed by atoms with van der Waals surface area (Å²) in [5.41, 5.74) is -0.113. The fourth-order valence-electron chi connectivity index (χ4n) is 4.45. The molecule has 0 saturated heterocycles. The second kappa shape index (κ2) is 25.5. The average Bonchev–Trinajstić information content (AvgIpc) is 2.82. The van der Waals surface area contributed by atoms with Crippen molar-refractivity contribution in [2.45, 2.75) is 175 Å². The molecule has 3 nitrogen and oxygen atoms in total. The summed E-state index contributed by atoms with van der Waals surface area (Å²) in [6, 6.07) is 0. The molecule has 0 atom stereocenters. The molecule has 4 heteroatoms. The van der Waals surface area contributed by atoms with Crippen LogP contribution in [0.3, 0.4) is 0 Å². The van der Waals surface area contributed by atoms with E-state index in [1.807, 2.05) is 0 Å². The average molecular weight is 497 g/mol. The number of unbranched alkanes of at least 4 members (excludes halogenated alkanes) is 18. The molecule has 0 aromatic rings. The summed E-state index contributed by atoms with van der Waals surface area (Å²) in [7, 11) is -1.75. The molecule has 0 aliphatic carbocycles. The first-order chi connectivity index (χ1) is 16.6. The van der Waals surface area contributed by atoms with Crippen LogP contribution in [0.25, 0.3) is 0 Å². The number of hydrogen-bond acceptors (Lipinski definition) is 3. The van der Waals surface area contributed by atoms with E-state index in [-0.39, 0.29) is 16.6 Å². The van der Waals surface area contributed by atoms with E-state index < -0.39 is 7.92 Å². The van der Waals surface area contributed by atoms with Gasteiger partial charge < -0.3 is 0 Å². The normalized spacial score (nSPS) is 11.3. The third-order valence-corrected chi connectivity index (χ3v) is 8.90. The van der Waals surface area contributed by atoms with Crippen LogP contribution in [0.4, 0.5) is 0 Å². The van der Waals surface area contributed by atoms with E-state index in [9.17, 15) is 14.4 Å². The number of hydrogen-bond donors (Lipinski definition) is 0. The molecule has 0 N–H and O–H groups in total. The van der Waals surface area contributed by atoms with E-state index in [2.05, 4.69) is 20.8 Å². The summed E-state index contributed by atoms with van der Waals surface area (Å²) < 4.78 is 0. The van der Waals surface area contributed by atoms with Crippen LogP contribution in [0, 0.1) is 0 Å². The van der Waals surface area contributed by atoms with E-state index in [1.54, 1.807) is 0 Å². The van der Waals surface area contributed by atoms with Crippen LogP contribution in [-0.2, 0) is 14.4 Å². The minimum absolute atomic E-state index is 0.0375. The first-order valence-corrected chi connectivity index (χ1v) is 16.3. The summed E-state index contributed by atoms with van der Waals surface area (Å²) >= 11 is 0. The first-order valence-electron chi connectivity index (χ1n) is 15.0. The fraction of sp³-hybridized carbons (Fsp3) is 0.900. The first kappa shape index (κ1) is 33.4. The topological polar surface area (TPSA) is 51.2 Å². The number of carbonyl (C=O) groups is 3. The minimum atomic E-state index is -1.75. The van der Waals surface area contributed by atoms with Crippen molar-refractivity contribution < 1.29 is 14.4 Å². The summed E-state index contributed by atoms with van der Waals surface area (Å²) in [4.78, 5) is 38.9. The highest BCUT2D eigenvalue weighted by molar-refractivity contribution is 8.01. The molecule has 34 heavy (non-hydrogen) atoms. The molecule has 0 aliphatic heterocycles. The zero-order chi connectivity index (χ0) is 25.3. The van der Waals surface area contributed by atoms with Crippen LogP contribution in [0.2, 0.25) is 0 Å². The molecule has 0 radical (unpaired) electrons. The second-order valence-electron chi connectivity index (χ2n) is 10.1. The molecular formula is C30H57O3P. The van der Waals surface area contributed by atoms with E-state index >= 15 is 0 Å². The van der Waals surface area contributed by atoms with Gasteiger partial charge in [-0.2, -0.15) is 0 Å². The number of carbonyl (C=O) groups excluding carboxylic acids is 3. The van der Waals surface area contributed by atoms with E-state index in [0.717, 1.165) is 57.8 Å². The third-order valence-electron chi connectivity index (χ3n) is 6.73. The van der Waals surface area contributed by atoms with Crippen LogP contribution in [-0.4, -0.2) is 16.6 Å². The van der Waals surface area contributed by atoms with Crippen LogP contribution in [0.15, 0.2) is 0 Å². The monoisotopic (exact) mass is 496 g/mol. The van der Waals surface area contributed by atoms with Gasteiger partial charge in [-0.15, -0.1) is 0 Å². The smallest absolute Gasteiger partial charge is 0.169 e. The van der Waals surface area contributed by atoms with Gasteiger partial charge in [-0.05, 0) is 19.3 Å². The Morgan fingerprint density at radius 1 is 0.353 bits per heavy atom. The van der Waals surface area contributed by atoms with Crippen molar-refractivity contribution >= 4 is 24.5 Å². The molecular weight excluding hydrogens is 439 g/mol. The van der Waals surface area contributed by atoms with Crippen LogP contribution < -0.4 is 0 Å². The molecule has 0 bridgehead atoms. The van der Waals surface area contributed by atoms with Gasteiger partial charge in [0.15, 0.2) is 16.6 Å². The Morgan fingerprint density at radius 2 is 0.559 bits per heavy atom. The molecule has 0 aromatic carbocycles. The van der Waals surface area contributed by atoms with Gasteiger partial charge in [0.2, 0.25) is 0 Å². The maximum absolute atomic E-state index is 13.0. The Morgan fingerprint density at radius 3 is 0.794 bits per heavy atom. The van der Waals surface area contributed by atoms with Gasteiger partial charge in [-0.3, -0.25) is 14.4 Å². The van der Waals surface area contributed by atoms with Crippen molar-refractivity contribution in [2.24, 2.45) is 0 Å². The third kappa shape index (κ3) is 19.7. The Hall–Kier alpha value is -0.560. The zero-order valence-corrected chi connectivity index (χ0v) is 24.0. The van der Waals surface area contributed by atoms with Gasteiger partial charge in [-0.1, -0.05) is 136 Å². The zero-order valence-electron chi connectivity index (χ0n) is 23.1. The lowest BCUT2D eigenvalue weighted by molar-refractivity contribution is -0.116. The van der Waals surface area contributed by atoms with E-state index in [4.69, 9.17) is 0 Å². The second-order valence-corrected chi connectivity index (χ2v) is 12.3. The lowest BCUT2D eigenvalue weighted by atomic mass is 10.1. The predicted molar refractivity (Wildman–Crippen MR) is 150 cm³/mol. The van der Waals surface area contributed by atoms with Crippen molar-refractivity contribution in [3.63, 3.8) is 0 Å². The lowest BCUT2D eigenvalue weighted by Gasteiger charge is -2.14. The van der Waals surface area contributed by atoms with E-state index in [1.165, 1.54) is 77.0 Å². The lowest BCUT2D eigenvalue weighted by Crippen LogP contribution is -2.13. The van der Waals surface area contributed by atoms with Gasteiger partial charge in [0.25, 0.3) is 0 Å². The van der Waals surface area contributed by atoms with Crippen molar-refractivity contribution in [1.29, 1.82) is 0 Å². The van der Waals surface area contributed by atoms with Crippen LogP contribution in [0.1, 0.15) is 175 Å². The Bertz CT molecular complexity index is 432. The van der Waals surface area contributed by atoms with Crippen LogP contribution in [0.5, 0.6) is 0 Å². The van der Waals surface area contributed by atoms with E-state index in [0.29, 0.717) is 19.3 Å². The highest BCUT2D eigenvalue weighted by atomic mass is 31.1. The Balaban J connectivity index is 4.49. The van der Waals surface area contributed by atoms with Crippen molar-refractivity contribution in [1.82, 2.24) is 0 Å². The fourth-order valence-corrected chi connectivity index (χ4v) is 6.43.